The van der Waals surface area contributed by atoms with E-state index in [0.29, 0.717) is 6.54 Å². The molecule has 0 unspecified atom stereocenters. The number of unbranched alkanes of at least 4 members (excludes halogenated alkanes) is 2. The van der Waals surface area contributed by atoms with Crippen molar-refractivity contribution in [2.45, 2.75) is 26.2 Å². The number of thioether (sulfide) groups is 1. The van der Waals surface area contributed by atoms with Crippen LogP contribution in [-0.4, -0.2) is 28.3 Å². The fraction of sp³-hybridized carbons (Fsp3) is 0.750. The summed E-state index contributed by atoms with van der Waals surface area (Å²) in [4.78, 5) is 23.5. The Morgan fingerprint density at radius 1 is 1.42 bits per heavy atom. The third-order valence-corrected chi connectivity index (χ3v) is 2.60. The van der Waals surface area contributed by atoms with Gasteiger partial charge in [0.1, 0.15) is 0 Å². The van der Waals surface area contributed by atoms with Crippen LogP contribution >= 0.6 is 11.8 Å². The van der Waals surface area contributed by atoms with Crippen molar-refractivity contribution >= 4 is 22.1 Å². The SMILES string of the molecule is CCCCCN1CC(=O)SC1=O. The molecule has 1 aliphatic heterocycles. The molecule has 1 heterocycles. The van der Waals surface area contributed by atoms with Gasteiger partial charge in [-0.3, -0.25) is 9.59 Å². The molecule has 0 saturated carbocycles. The molecular weight excluding hydrogens is 174 g/mol. The van der Waals surface area contributed by atoms with Crippen molar-refractivity contribution in [1.29, 1.82) is 0 Å². The Balaban J connectivity index is 2.24. The molecule has 0 bridgehead atoms. The third kappa shape index (κ3) is 2.52. The molecule has 12 heavy (non-hydrogen) atoms. The summed E-state index contributed by atoms with van der Waals surface area (Å²) >= 11 is 0.835. The Morgan fingerprint density at radius 3 is 2.67 bits per heavy atom. The van der Waals surface area contributed by atoms with Gasteiger partial charge in [0.05, 0.1) is 6.54 Å². The molecule has 0 aromatic rings. The largest absolute Gasteiger partial charge is 0.325 e. The number of hydrogen-bond donors (Lipinski definition) is 0. The van der Waals surface area contributed by atoms with E-state index in [1.54, 1.807) is 4.90 Å². The average molecular weight is 187 g/mol. The summed E-state index contributed by atoms with van der Waals surface area (Å²) in [6, 6.07) is 0. The van der Waals surface area contributed by atoms with Gasteiger partial charge in [0.25, 0.3) is 5.24 Å². The standard InChI is InChI=1S/C8H13NO2S/c1-2-3-4-5-9-6-7(10)12-8(9)11/h2-6H2,1H3. The zero-order valence-electron chi connectivity index (χ0n) is 7.21. The average Bonchev–Trinajstić information content (AvgIpc) is 2.31. The van der Waals surface area contributed by atoms with Crippen LogP contribution in [0.3, 0.4) is 0 Å². The Labute approximate surface area is 76.5 Å². The maximum absolute atomic E-state index is 11.0. The van der Waals surface area contributed by atoms with E-state index in [9.17, 15) is 9.59 Å². The summed E-state index contributed by atoms with van der Waals surface area (Å²) in [6.07, 6.45) is 3.28. The Kier molecular flexibility index (Phi) is 3.59. The fourth-order valence-electron chi connectivity index (χ4n) is 1.14. The summed E-state index contributed by atoms with van der Waals surface area (Å²) in [6.45, 7) is 3.17. The monoisotopic (exact) mass is 187 g/mol. The van der Waals surface area contributed by atoms with Gasteiger partial charge >= 0.3 is 0 Å². The molecular formula is C8H13NO2S. The first-order valence-corrected chi connectivity index (χ1v) is 5.05. The molecule has 3 nitrogen and oxygen atoms in total. The molecule has 1 aliphatic rings. The van der Waals surface area contributed by atoms with Crippen LogP contribution in [0.4, 0.5) is 4.79 Å². The lowest BCUT2D eigenvalue weighted by Gasteiger charge is -2.11. The minimum absolute atomic E-state index is 0.0171. The lowest BCUT2D eigenvalue weighted by Crippen LogP contribution is -2.24. The fourth-order valence-corrected chi connectivity index (χ4v) is 1.84. The van der Waals surface area contributed by atoms with E-state index < -0.39 is 0 Å². The number of amides is 1. The molecule has 0 atom stereocenters. The first kappa shape index (κ1) is 9.58. The van der Waals surface area contributed by atoms with Crippen molar-refractivity contribution in [2.75, 3.05) is 13.1 Å². The van der Waals surface area contributed by atoms with Gasteiger partial charge in [-0.1, -0.05) is 19.8 Å². The number of hydrogen-bond acceptors (Lipinski definition) is 3. The number of carbonyl (C=O) groups is 2. The van der Waals surface area contributed by atoms with Crippen LogP contribution < -0.4 is 0 Å². The van der Waals surface area contributed by atoms with Crippen molar-refractivity contribution in [3.8, 4) is 0 Å². The van der Waals surface area contributed by atoms with E-state index in [1.165, 1.54) is 0 Å². The molecule has 0 aromatic heterocycles. The molecule has 68 valence electrons. The Bertz CT molecular complexity index is 193. The van der Waals surface area contributed by atoms with Crippen LogP contribution in [0.2, 0.25) is 0 Å². The van der Waals surface area contributed by atoms with Crippen molar-refractivity contribution in [3.05, 3.63) is 0 Å². The number of carbonyl (C=O) groups excluding carboxylic acids is 2. The van der Waals surface area contributed by atoms with Crippen molar-refractivity contribution in [3.63, 3.8) is 0 Å². The predicted molar refractivity (Wildman–Crippen MR) is 49.1 cm³/mol. The van der Waals surface area contributed by atoms with Gasteiger partial charge < -0.3 is 4.90 Å². The maximum atomic E-state index is 11.0. The van der Waals surface area contributed by atoms with E-state index in [4.69, 9.17) is 0 Å². The normalized spacial score (nSPS) is 17.6. The van der Waals surface area contributed by atoms with Crippen LogP contribution in [0, 0.1) is 0 Å². The van der Waals surface area contributed by atoms with Crippen LogP contribution in [-0.2, 0) is 4.79 Å². The van der Waals surface area contributed by atoms with E-state index in [1.807, 2.05) is 0 Å². The highest BCUT2D eigenvalue weighted by molar-refractivity contribution is 8.26. The van der Waals surface area contributed by atoms with Crippen LogP contribution in [0.5, 0.6) is 0 Å². The molecule has 1 fully saturated rings. The van der Waals surface area contributed by atoms with Crippen LogP contribution in [0.25, 0.3) is 0 Å². The zero-order valence-corrected chi connectivity index (χ0v) is 8.02. The van der Waals surface area contributed by atoms with Gasteiger partial charge in [0.2, 0.25) is 5.12 Å². The van der Waals surface area contributed by atoms with Gasteiger partial charge in [-0.05, 0) is 6.42 Å². The summed E-state index contributed by atoms with van der Waals surface area (Å²) < 4.78 is 0. The second-order valence-electron chi connectivity index (χ2n) is 2.87. The minimum Gasteiger partial charge on any atom is -0.325 e. The van der Waals surface area contributed by atoms with Gasteiger partial charge in [0, 0.05) is 18.3 Å². The van der Waals surface area contributed by atoms with E-state index in [0.717, 1.165) is 37.6 Å². The van der Waals surface area contributed by atoms with Gasteiger partial charge in [-0.15, -0.1) is 0 Å². The molecule has 0 radical (unpaired) electrons. The van der Waals surface area contributed by atoms with Gasteiger partial charge in [-0.2, -0.15) is 0 Å². The highest BCUT2D eigenvalue weighted by Crippen LogP contribution is 2.19. The highest BCUT2D eigenvalue weighted by Gasteiger charge is 2.27. The summed E-state index contributed by atoms with van der Waals surface area (Å²) in [7, 11) is 0. The van der Waals surface area contributed by atoms with Crippen LogP contribution in [0.15, 0.2) is 0 Å². The Morgan fingerprint density at radius 2 is 2.17 bits per heavy atom. The molecule has 0 aliphatic carbocycles. The second-order valence-corrected chi connectivity index (χ2v) is 3.88. The van der Waals surface area contributed by atoms with Gasteiger partial charge in [0.15, 0.2) is 0 Å². The molecule has 0 N–H and O–H groups in total. The minimum atomic E-state index is -0.0731. The molecule has 1 rings (SSSR count). The lowest BCUT2D eigenvalue weighted by atomic mass is 10.2. The predicted octanol–water partition coefficient (Wildman–Crippen LogP) is 1.87. The summed E-state index contributed by atoms with van der Waals surface area (Å²) in [5.74, 6) is 0. The number of nitrogens with zero attached hydrogens (tertiary/aromatic N) is 1. The van der Waals surface area contributed by atoms with E-state index >= 15 is 0 Å². The topological polar surface area (TPSA) is 37.4 Å². The summed E-state index contributed by atoms with van der Waals surface area (Å²) in [5.41, 5.74) is 0. The third-order valence-electron chi connectivity index (χ3n) is 1.81. The Hall–Kier alpha value is -0.510. The first-order valence-electron chi connectivity index (χ1n) is 4.23. The maximum Gasteiger partial charge on any atom is 0.289 e. The van der Waals surface area contributed by atoms with Gasteiger partial charge in [-0.25, -0.2) is 0 Å². The zero-order chi connectivity index (χ0) is 8.97. The van der Waals surface area contributed by atoms with Crippen molar-refractivity contribution in [1.82, 2.24) is 4.90 Å². The smallest absolute Gasteiger partial charge is 0.289 e. The molecule has 1 amide bonds. The number of rotatable bonds is 4. The highest BCUT2D eigenvalue weighted by atomic mass is 32.2. The van der Waals surface area contributed by atoms with Crippen molar-refractivity contribution in [2.24, 2.45) is 0 Å². The summed E-state index contributed by atoms with van der Waals surface area (Å²) in [5, 5.41) is -0.0902. The van der Waals surface area contributed by atoms with Crippen LogP contribution in [0.1, 0.15) is 26.2 Å². The first-order chi connectivity index (χ1) is 5.74. The molecule has 4 heteroatoms. The molecule has 0 aromatic carbocycles. The second kappa shape index (κ2) is 4.50. The van der Waals surface area contributed by atoms with E-state index in [-0.39, 0.29) is 10.4 Å². The molecule has 1 saturated heterocycles. The van der Waals surface area contributed by atoms with Crippen molar-refractivity contribution < 1.29 is 9.59 Å². The lowest BCUT2D eigenvalue weighted by molar-refractivity contribution is -0.110. The molecule has 0 spiro atoms. The quantitative estimate of drug-likeness (QED) is 0.630. The van der Waals surface area contributed by atoms with E-state index in [2.05, 4.69) is 6.92 Å².